The largest absolute Gasteiger partial charge is 0.279 e. The molecule has 0 aliphatic carbocycles. The molecule has 0 saturated heterocycles. The van der Waals surface area contributed by atoms with E-state index in [9.17, 15) is 13.2 Å². The van der Waals surface area contributed by atoms with Gasteiger partial charge >= 0.3 is 0 Å². The molecule has 128 valence electrons. The molecule has 0 aromatic heterocycles. The molecule has 2 aromatic rings. The van der Waals surface area contributed by atoms with Gasteiger partial charge in [-0.1, -0.05) is 18.7 Å². The Bertz CT molecular complexity index is 1150. The lowest BCUT2D eigenvalue weighted by Crippen LogP contribution is -2.32. The first-order valence-corrected chi connectivity index (χ1v) is 9.20. The van der Waals surface area contributed by atoms with E-state index in [4.69, 9.17) is 0 Å². The average molecular weight is 354 g/mol. The highest BCUT2D eigenvalue weighted by molar-refractivity contribution is 7.92. The number of allylic oxidation sites excluding steroid dienone is 1. The molecule has 3 rings (SSSR count). The van der Waals surface area contributed by atoms with Crippen molar-refractivity contribution in [1.29, 1.82) is 0 Å². The second kappa shape index (κ2) is 5.97. The highest BCUT2D eigenvalue weighted by atomic mass is 32.2. The van der Waals surface area contributed by atoms with Crippen LogP contribution in [0.3, 0.4) is 0 Å². The number of sulfonamides is 1. The van der Waals surface area contributed by atoms with E-state index in [-0.39, 0.29) is 10.8 Å². The minimum absolute atomic E-state index is 0.0921. The number of anilines is 1. The number of rotatable bonds is 3. The van der Waals surface area contributed by atoms with E-state index >= 15 is 0 Å². The standard InChI is InChI=1S/C19H18N2O3S/c1-11-5-6-12(2)17(7-11)21-25(23,24)15-8-14(4)19-16(10-15)13(3)9-18(22)20-19/h5-10,21H,4H2,1-3H3. The Balaban J connectivity index is 2.12. The maximum atomic E-state index is 12.8. The fraction of sp³-hybridized carbons (Fsp3) is 0.158. The summed E-state index contributed by atoms with van der Waals surface area (Å²) in [5.41, 5.74) is 3.61. The molecule has 0 fully saturated rings. The third-order valence-electron chi connectivity index (χ3n) is 4.10. The normalized spacial score (nSPS) is 13.7. The van der Waals surface area contributed by atoms with Crippen LogP contribution >= 0.6 is 0 Å². The quantitative estimate of drug-likeness (QED) is 0.917. The lowest BCUT2D eigenvalue weighted by Gasteiger charge is -2.14. The first kappa shape index (κ1) is 17.1. The summed E-state index contributed by atoms with van der Waals surface area (Å²) in [5, 5.41) is 0.829. The van der Waals surface area contributed by atoms with Crippen LogP contribution in [-0.2, 0) is 14.8 Å². The Morgan fingerprint density at radius 2 is 1.80 bits per heavy atom. The van der Waals surface area contributed by atoms with E-state index in [2.05, 4.69) is 16.3 Å². The number of benzene rings is 2. The van der Waals surface area contributed by atoms with Gasteiger partial charge in [0.05, 0.1) is 15.9 Å². The summed E-state index contributed by atoms with van der Waals surface area (Å²) in [6.45, 7) is 9.34. The van der Waals surface area contributed by atoms with Crippen molar-refractivity contribution in [3.8, 4) is 0 Å². The van der Waals surface area contributed by atoms with Crippen LogP contribution < -0.4 is 15.3 Å². The molecule has 0 spiro atoms. The molecule has 1 N–H and O–H groups in total. The molecule has 5 nitrogen and oxygen atoms in total. The average Bonchev–Trinajstić information content (AvgIpc) is 2.51. The van der Waals surface area contributed by atoms with Gasteiger partial charge in [-0.15, -0.1) is 0 Å². The Kier molecular flexibility index (Phi) is 4.08. The maximum absolute atomic E-state index is 12.8. The fourth-order valence-corrected chi connectivity index (χ4v) is 3.91. The minimum Gasteiger partial charge on any atom is -0.279 e. The van der Waals surface area contributed by atoms with Crippen molar-refractivity contribution in [3.05, 3.63) is 63.7 Å². The van der Waals surface area contributed by atoms with Crippen molar-refractivity contribution in [3.63, 3.8) is 0 Å². The van der Waals surface area contributed by atoms with Crippen molar-refractivity contribution in [2.45, 2.75) is 25.7 Å². The van der Waals surface area contributed by atoms with Gasteiger partial charge in [-0.2, -0.15) is 0 Å². The van der Waals surface area contributed by atoms with Gasteiger partial charge < -0.3 is 0 Å². The second-order valence-electron chi connectivity index (χ2n) is 6.18. The molecule has 0 saturated carbocycles. The summed E-state index contributed by atoms with van der Waals surface area (Å²) >= 11 is 0. The molecule has 0 atom stereocenters. The van der Waals surface area contributed by atoms with Gasteiger partial charge in [-0.3, -0.25) is 9.52 Å². The number of carbonyl (C=O) groups is 1. The summed E-state index contributed by atoms with van der Waals surface area (Å²) in [6.07, 6.45) is 1.39. The minimum atomic E-state index is -3.79. The Morgan fingerprint density at radius 3 is 2.52 bits per heavy atom. The van der Waals surface area contributed by atoms with Crippen LogP contribution in [0.15, 0.2) is 46.3 Å². The van der Waals surface area contributed by atoms with E-state index < -0.39 is 10.0 Å². The Morgan fingerprint density at radius 1 is 1.08 bits per heavy atom. The van der Waals surface area contributed by atoms with Crippen molar-refractivity contribution in [2.24, 2.45) is 4.99 Å². The van der Waals surface area contributed by atoms with E-state index in [0.717, 1.165) is 11.1 Å². The highest BCUT2D eigenvalue weighted by Gasteiger charge is 2.19. The molecular weight excluding hydrogens is 336 g/mol. The lowest BCUT2D eigenvalue weighted by molar-refractivity contribution is -0.113. The monoisotopic (exact) mass is 354 g/mol. The summed E-state index contributed by atoms with van der Waals surface area (Å²) < 4.78 is 28.3. The summed E-state index contributed by atoms with van der Waals surface area (Å²) in [4.78, 5) is 15.6. The van der Waals surface area contributed by atoms with Crippen LogP contribution in [0.4, 0.5) is 5.69 Å². The van der Waals surface area contributed by atoms with Gasteiger partial charge in [0.2, 0.25) is 0 Å². The van der Waals surface area contributed by atoms with Crippen molar-refractivity contribution >= 4 is 33.8 Å². The maximum Gasteiger partial charge on any atom is 0.270 e. The van der Waals surface area contributed by atoms with Gasteiger partial charge in [0.15, 0.2) is 0 Å². The molecule has 6 heteroatoms. The van der Waals surface area contributed by atoms with Crippen LogP contribution in [-0.4, -0.2) is 14.3 Å². The predicted molar refractivity (Wildman–Crippen MR) is 98.1 cm³/mol. The number of hydrogen-bond acceptors (Lipinski definition) is 3. The first-order chi connectivity index (χ1) is 11.7. The van der Waals surface area contributed by atoms with Crippen molar-refractivity contribution in [1.82, 2.24) is 0 Å². The topological polar surface area (TPSA) is 75.6 Å². The molecule has 25 heavy (non-hydrogen) atoms. The zero-order valence-electron chi connectivity index (χ0n) is 14.3. The molecule has 0 radical (unpaired) electrons. The molecule has 1 amide bonds. The van der Waals surface area contributed by atoms with Crippen LogP contribution in [0.5, 0.6) is 0 Å². The van der Waals surface area contributed by atoms with Gasteiger partial charge in [-0.05, 0) is 60.9 Å². The molecule has 1 aliphatic heterocycles. The van der Waals surface area contributed by atoms with Crippen LogP contribution in [0, 0.1) is 13.8 Å². The molecule has 1 heterocycles. The number of aryl methyl sites for hydroxylation is 2. The van der Waals surface area contributed by atoms with Gasteiger partial charge in [0.25, 0.3) is 15.9 Å². The zero-order chi connectivity index (χ0) is 18.4. The van der Waals surface area contributed by atoms with Crippen molar-refractivity contribution < 1.29 is 13.2 Å². The Labute approximate surface area is 146 Å². The van der Waals surface area contributed by atoms with E-state index in [0.29, 0.717) is 27.4 Å². The van der Waals surface area contributed by atoms with E-state index in [1.807, 2.05) is 26.0 Å². The number of hydrogen-bond donors (Lipinski definition) is 1. The SMILES string of the molecule is C=c1cc(S(=O)(=O)Nc2cc(C)ccc2C)cc2c1=NC(=O)C=C2C. The molecule has 2 aromatic carbocycles. The van der Waals surface area contributed by atoms with Crippen LogP contribution in [0.1, 0.15) is 23.6 Å². The van der Waals surface area contributed by atoms with E-state index in [1.54, 1.807) is 13.0 Å². The number of amides is 1. The zero-order valence-corrected chi connectivity index (χ0v) is 15.1. The number of nitrogens with zero attached hydrogens (tertiary/aromatic N) is 1. The molecule has 0 bridgehead atoms. The first-order valence-electron chi connectivity index (χ1n) is 7.72. The number of fused-ring (bicyclic) bond motifs is 1. The van der Waals surface area contributed by atoms with Crippen LogP contribution in [0.2, 0.25) is 0 Å². The number of carbonyl (C=O) groups excluding carboxylic acids is 1. The van der Waals surface area contributed by atoms with Gasteiger partial charge in [0.1, 0.15) is 0 Å². The molecular formula is C19H18N2O3S. The lowest BCUT2D eigenvalue weighted by atomic mass is 10.0. The number of nitrogens with one attached hydrogen (secondary N) is 1. The summed E-state index contributed by atoms with van der Waals surface area (Å²) in [5.74, 6) is -0.362. The van der Waals surface area contributed by atoms with Gasteiger partial charge in [0, 0.05) is 11.6 Å². The molecule has 0 unspecified atom stereocenters. The fourth-order valence-electron chi connectivity index (χ4n) is 2.71. The summed E-state index contributed by atoms with van der Waals surface area (Å²) in [7, 11) is -3.79. The third-order valence-corrected chi connectivity index (χ3v) is 5.44. The van der Waals surface area contributed by atoms with Crippen LogP contribution in [0.25, 0.3) is 12.2 Å². The van der Waals surface area contributed by atoms with E-state index in [1.165, 1.54) is 18.2 Å². The smallest absolute Gasteiger partial charge is 0.270 e. The predicted octanol–water partition coefficient (Wildman–Crippen LogP) is 2.08. The van der Waals surface area contributed by atoms with Gasteiger partial charge in [-0.25, -0.2) is 13.4 Å². The highest BCUT2D eigenvalue weighted by Crippen LogP contribution is 2.22. The second-order valence-corrected chi connectivity index (χ2v) is 7.86. The third kappa shape index (κ3) is 3.25. The summed E-state index contributed by atoms with van der Waals surface area (Å²) in [6, 6.07) is 8.54. The Hall–Kier alpha value is -2.73. The van der Waals surface area contributed by atoms with Crippen molar-refractivity contribution in [2.75, 3.05) is 4.72 Å². The molecule has 1 aliphatic rings.